The number of aliphatic carboxylic acids is 1. The molecular formula is C15H9BrN2O7S. The summed E-state index contributed by atoms with van der Waals surface area (Å²) in [5.41, 5.74) is 2.51. The van der Waals surface area contributed by atoms with Crippen molar-refractivity contribution in [3.63, 3.8) is 0 Å². The monoisotopic (exact) mass is 440 g/mol. The fourth-order valence-electron chi connectivity index (χ4n) is 2.05. The standard InChI is InChI=1S/C15H9BrN2O7S/c16-9-10(25-5-8(19)20)12(15(23)24)26-11(9)6-1-3-7(4-2-6)17-18-13(21)14(18)22/h1-4,17H,5H2,(H,19,20)(H,23,24). The Morgan fingerprint density at radius 2 is 1.77 bits per heavy atom. The van der Waals surface area contributed by atoms with Gasteiger partial charge in [0.1, 0.15) is 0 Å². The van der Waals surface area contributed by atoms with E-state index < -0.39 is 29.7 Å². The molecule has 0 saturated carbocycles. The lowest BCUT2D eigenvalue weighted by Gasteiger charge is -2.05. The van der Waals surface area contributed by atoms with E-state index in [1.54, 1.807) is 24.3 Å². The van der Waals surface area contributed by atoms with Crippen LogP contribution in [0.3, 0.4) is 0 Å². The number of hydrogen-bond acceptors (Lipinski definition) is 7. The Labute approximate surface area is 156 Å². The third-order valence-corrected chi connectivity index (χ3v) is 5.50. The molecule has 2 aromatic heterocycles. The second kappa shape index (κ2) is 6.77. The zero-order valence-electron chi connectivity index (χ0n) is 12.7. The number of nitrogens with zero attached hydrogens (tertiary/aromatic N) is 1. The summed E-state index contributed by atoms with van der Waals surface area (Å²) in [6.07, 6.45) is 0. The molecule has 3 aromatic rings. The predicted octanol–water partition coefficient (Wildman–Crippen LogP) is 1.61. The molecule has 0 unspecified atom stereocenters. The minimum atomic E-state index is -1.24. The highest BCUT2D eigenvalue weighted by Crippen LogP contribution is 2.45. The number of halogens is 1. The number of aromatic nitrogens is 1. The van der Waals surface area contributed by atoms with Crippen LogP contribution in [0.15, 0.2) is 38.3 Å². The Kier molecular flexibility index (Phi) is 4.66. The van der Waals surface area contributed by atoms with Crippen molar-refractivity contribution in [3.05, 3.63) is 54.3 Å². The number of hydrogen-bond donors (Lipinski definition) is 3. The van der Waals surface area contributed by atoms with Gasteiger partial charge in [-0.1, -0.05) is 12.1 Å². The molecule has 2 heterocycles. The van der Waals surface area contributed by atoms with Gasteiger partial charge < -0.3 is 14.9 Å². The lowest BCUT2D eigenvalue weighted by atomic mass is 10.1. The largest absolute Gasteiger partial charge is 0.479 e. The van der Waals surface area contributed by atoms with E-state index in [0.717, 1.165) is 16.0 Å². The number of benzene rings is 1. The highest BCUT2D eigenvalue weighted by molar-refractivity contribution is 9.10. The fraction of sp³-hybridized carbons (Fsp3) is 0.0667. The molecular weight excluding hydrogens is 432 g/mol. The summed E-state index contributed by atoms with van der Waals surface area (Å²) in [5.74, 6) is -2.52. The van der Waals surface area contributed by atoms with Crippen LogP contribution in [-0.2, 0) is 4.79 Å². The molecule has 1 aromatic carbocycles. The number of rotatable bonds is 7. The van der Waals surface area contributed by atoms with E-state index in [2.05, 4.69) is 21.4 Å². The molecule has 9 nitrogen and oxygen atoms in total. The maximum Gasteiger partial charge on any atom is 0.349 e. The number of carboxylic acid groups (broad SMARTS) is 2. The average Bonchev–Trinajstić information content (AvgIpc) is 3.01. The van der Waals surface area contributed by atoms with E-state index in [9.17, 15) is 24.3 Å². The topological polar surface area (TPSA) is 135 Å². The molecule has 0 atom stereocenters. The molecule has 0 spiro atoms. The molecule has 0 saturated heterocycles. The summed E-state index contributed by atoms with van der Waals surface area (Å²) in [6, 6.07) is 6.53. The van der Waals surface area contributed by atoms with Crippen molar-refractivity contribution in [3.8, 4) is 16.2 Å². The van der Waals surface area contributed by atoms with Crippen molar-refractivity contribution in [2.24, 2.45) is 0 Å². The van der Waals surface area contributed by atoms with Crippen LogP contribution in [0.1, 0.15) is 9.67 Å². The first-order chi connectivity index (χ1) is 12.3. The number of carboxylic acids is 2. The average molecular weight is 441 g/mol. The molecule has 0 aliphatic rings. The maximum atomic E-state index is 11.4. The van der Waals surface area contributed by atoms with Crippen LogP contribution in [-0.4, -0.2) is 33.4 Å². The number of carbonyl (C=O) groups is 2. The summed E-state index contributed by atoms with van der Waals surface area (Å²) in [4.78, 5) is 44.4. The van der Waals surface area contributed by atoms with Gasteiger partial charge in [0.15, 0.2) is 17.2 Å². The number of aromatic carboxylic acids is 1. The van der Waals surface area contributed by atoms with E-state index >= 15 is 0 Å². The van der Waals surface area contributed by atoms with Gasteiger partial charge in [-0.25, -0.2) is 9.59 Å². The Hall–Kier alpha value is -2.92. The van der Waals surface area contributed by atoms with Crippen molar-refractivity contribution in [2.75, 3.05) is 12.0 Å². The lowest BCUT2D eigenvalue weighted by Crippen LogP contribution is -2.11. The molecule has 3 N–H and O–H groups in total. The second-order valence-electron chi connectivity index (χ2n) is 5.03. The molecule has 11 heteroatoms. The molecule has 26 heavy (non-hydrogen) atoms. The summed E-state index contributed by atoms with van der Waals surface area (Å²) < 4.78 is 6.28. The van der Waals surface area contributed by atoms with Crippen molar-refractivity contribution in [2.45, 2.75) is 0 Å². The quantitative estimate of drug-likeness (QED) is 0.471. The van der Waals surface area contributed by atoms with Crippen LogP contribution in [0.5, 0.6) is 5.75 Å². The van der Waals surface area contributed by atoms with Crippen molar-refractivity contribution < 1.29 is 24.5 Å². The van der Waals surface area contributed by atoms with E-state index in [4.69, 9.17) is 9.84 Å². The smallest absolute Gasteiger partial charge is 0.349 e. The summed E-state index contributed by atoms with van der Waals surface area (Å²) in [6.45, 7) is -0.671. The van der Waals surface area contributed by atoms with Gasteiger partial charge in [0, 0.05) is 0 Å². The Balaban J connectivity index is 1.90. The van der Waals surface area contributed by atoms with Crippen LogP contribution < -0.4 is 21.3 Å². The van der Waals surface area contributed by atoms with Crippen molar-refractivity contribution in [1.29, 1.82) is 0 Å². The van der Waals surface area contributed by atoms with E-state index in [1.165, 1.54) is 0 Å². The van der Waals surface area contributed by atoms with Gasteiger partial charge in [-0.3, -0.25) is 15.0 Å². The van der Waals surface area contributed by atoms with Crippen LogP contribution in [0.4, 0.5) is 5.69 Å². The van der Waals surface area contributed by atoms with Gasteiger partial charge in [0.25, 0.3) is 0 Å². The van der Waals surface area contributed by atoms with Gasteiger partial charge in [-0.05, 0) is 33.6 Å². The first kappa shape index (κ1) is 17.9. The Morgan fingerprint density at radius 1 is 1.15 bits per heavy atom. The van der Waals surface area contributed by atoms with Crippen LogP contribution in [0.2, 0.25) is 0 Å². The predicted molar refractivity (Wildman–Crippen MR) is 95.9 cm³/mol. The van der Waals surface area contributed by atoms with Gasteiger partial charge in [0.2, 0.25) is 0 Å². The van der Waals surface area contributed by atoms with Crippen molar-refractivity contribution >= 4 is 44.9 Å². The van der Waals surface area contributed by atoms with E-state index in [0.29, 0.717) is 20.6 Å². The van der Waals surface area contributed by atoms with Crippen LogP contribution >= 0.6 is 27.3 Å². The SMILES string of the molecule is O=C(O)COc1c(C(=O)O)sc(-c2ccc(Nn3c(=O)c3=O)cc2)c1Br. The molecule has 3 rings (SSSR count). The Morgan fingerprint density at radius 3 is 2.27 bits per heavy atom. The summed E-state index contributed by atoms with van der Waals surface area (Å²) >= 11 is 4.19. The zero-order chi connectivity index (χ0) is 19.0. The van der Waals surface area contributed by atoms with Crippen LogP contribution in [0, 0.1) is 0 Å². The second-order valence-corrected chi connectivity index (χ2v) is 6.84. The summed E-state index contributed by atoms with van der Waals surface area (Å²) in [5, 5.41) is 18.0. The maximum absolute atomic E-state index is 11.4. The molecule has 0 bridgehead atoms. The Bertz CT molecular complexity index is 1050. The molecule has 0 amide bonds. The molecule has 0 aliphatic heterocycles. The molecule has 0 fully saturated rings. The number of anilines is 1. The van der Waals surface area contributed by atoms with E-state index in [-0.39, 0.29) is 10.6 Å². The zero-order valence-corrected chi connectivity index (χ0v) is 15.1. The van der Waals surface area contributed by atoms with Gasteiger partial charge in [-0.2, -0.15) is 4.68 Å². The third-order valence-electron chi connectivity index (χ3n) is 3.27. The van der Waals surface area contributed by atoms with Gasteiger partial charge >= 0.3 is 23.1 Å². The van der Waals surface area contributed by atoms with E-state index in [1.807, 2.05) is 0 Å². The normalized spacial score (nSPS) is 10.8. The minimum absolute atomic E-state index is 0.0533. The highest BCUT2D eigenvalue weighted by Gasteiger charge is 2.24. The fourth-order valence-corrected chi connectivity index (χ4v) is 3.94. The highest BCUT2D eigenvalue weighted by atomic mass is 79.9. The lowest BCUT2D eigenvalue weighted by molar-refractivity contribution is -0.139. The van der Waals surface area contributed by atoms with Crippen molar-refractivity contribution in [1.82, 2.24) is 4.68 Å². The third kappa shape index (κ3) is 3.39. The van der Waals surface area contributed by atoms with Crippen LogP contribution in [0.25, 0.3) is 10.4 Å². The number of nitrogens with one attached hydrogen (secondary N) is 1. The molecule has 0 radical (unpaired) electrons. The number of thiophene rings is 1. The molecule has 134 valence electrons. The number of ether oxygens (including phenoxy) is 1. The first-order valence-electron chi connectivity index (χ1n) is 6.95. The minimum Gasteiger partial charge on any atom is -0.479 e. The van der Waals surface area contributed by atoms with Gasteiger partial charge in [0.05, 0.1) is 15.0 Å². The first-order valence-corrected chi connectivity index (χ1v) is 8.56. The van der Waals surface area contributed by atoms with Gasteiger partial charge in [-0.15, -0.1) is 11.3 Å². The summed E-state index contributed by atoms with van der Waals surface area (Å²) in [7, 11) is 0. The molecule has 0 aliphatic carbocycles.